The molecule has 1 saturated heterocycles. The Labute approximate surface area is 183 Å². The predicted molar refractivity (Wildman–Crippen MR) is 118 cm³/mol. The highest BCUT2D eigenvalue weighted by molar-refractivity contribution is 7.89. The first-order chi connectivity index (χ1) is 14.8. The van der Waals surface area contributed by atoms with Crippen molar-refractivity contribution in [2.75, 3.05) is 20.2 Å². The third kappa shape index (κ3) is 4.26. The Morgan fingerprint density at radius 3 is 2.58 bits per heavy atom. The molecule has 1 aromatic heterocycles. The molecule has 1 atom stereocenters. The SMILES string of the molecule is COc1ccc(S(=O)(=O)N2CCCC[C@H]2c2nc3c(c(=O)[nH]2)CN(C(C)C)CC3)cc1. The van der Waals surface area contributed by atoms with Crippen molar-refractivity contribution in [3.63, 3.8) is 0 Å². The summed E-state index contributed by atoms with van der Waals surface area (Å²) < 4.78 is 33.5. The zero-order chi connectivity index (χ0) is 22.2. The molecule has 4 rings (SSSR count). The van der Waals surface area contributed by atoms with Crippen molar-refractivity contribution in [2.24, 2.45) is 0 Å². The second-order valence-electron chi connectivity index (χ2n) is 8.49. The van der Waals surface area contributed by atoms with Crippen LogP contribution in [0.4, 0.5) is 0 Å². The van der Waals surface area contributed by atoms with E-state index in [4.69, 9.17) is 9.72 Å². The van der Waals surface area contributed by atoms with E-state index in [-0.39, 0.29) is 10.5 Å². The number of aromatic amines is 1. The number of fused-ring (bicyclic) bond motifs is 1. The van der Waals surface area contributed by atoms with E-state index in [2.05, 4.69) is 23.7 Å². The Hall–Kier alpha value is -2.23. The van der Waals surface area contributed by atoms with E-state index >= 15 is 0 Å². The number of hydrogen-bond acceptors (Lipinski definition) is 6. The van der Waals surface area contributed by atoms with Gasteiger partial charge in [-0.05, 0) is 51.0 Å². The number of nitrogens with zero attached hydrogens (tertiary/aromatic N) is 3. The maximum atomic E-state index is 13.4. The Morgan fingerprint density at radius 2 is 1.90 bits per heavy atom. The summed E-state index contributed by atoms with van der Waals surface area (Å²) in [6.45, 7) is 6.06. The molecule has 0 radical (unpaired) electrons. The highest BCUT2D eigenvalue weighted by Crippen LogP contribution is 2.34. The Bertz CT molecular complexity index is 1100. The number of piperidine rings is 1. The fraction of sp³-hybridized carbons (Fsp3) is 0.545. The number of hydrogen-bond donors (Lipinski definition) is 1. The zero-order valence-corrected chi connectivity index (χ0v) is 19.1. The molecule has 2 aliphatic heterocycles. The largest absolute Gasteiger partial charge is 0.497 e. The van der Waals surface area contributed by atoms with Crippen LogP contribution < -0.4 is 10.3 Å². The molecule has 9 heteroatoms. The Kier molecular flexibility index (Phi) is 6.18. The molecule has 1 aromatic carbocycles. The highest BCUT2D eigenvalue weighted by Gasteiger charge is 2.36. The van der Waals surface area contributed by atoms with Crippen LogP contribution in [0.5, 0.6) is 5.75 Å². The van der Waals surface area contributed by atoms with Gasteiger partial charge in [-0.2, -0.15) is 4.31 Å². The van der Waals surface area contributed by atoms with E-state index in [9.17, 15) is 13.2 Å². The fourth-order valence-corrected chi connectivity index (χ4v) is 6.07. The summed E-state index contributed by atoms with van der Waals surface area (Å²) in [5.74, 6) is 1.06. The van der Waals surface area contributed by atoms with Crippen LogP contribution in [0.2, 0.25) is 0 Å². The molecule has 0 amide bonds. The van der Waals surface area contributed by atoms with E-state index in [1.165, 1.54) is 4.31 Å². The van der Waals surface area contributed by atoms with Gasteiger partial charge in [-0.1, -0.05) is 6.42 Å². The molecule has 0 spiro atoms. The number of benzene rings is 1. The van der Waals surface area contributed by atoms with E-state index in [1.807, 2.05) is 0 Å². The van der Waals surface area contributed by atoms with Gasteiger partial charge in [0.15, 0.2) is 0 Å². The second-order valence-corrected chi connectivity index (χ2v) is 10.4. The Balaban J connectivity index is 1.68. The number of H-pyrrole nitrogens is 1. The van der Waals surface area contributed by atoms with Gasteiger partial charge in [-0.15, -0.1) is 0 Å². The quantitative estimate of drug-likeness (QED) is 0.758. The maximum Gasteiger partial charge on any atom is 0.255 e. The fourth-order valence-electron chi connectivity index (χ4n) is 4.41. The monoisotopic (exact) mass is 446 g/mol. The van der Waals surface area contributed by atoms with Crippen molar-refractivity contribution >= 4 is 10.0 Å². The first-order valence-electron chi connectivity index (χ1n) is 10.8. The number of rotatable bonds is 5. The highest BCUT2D eigenvalue weighted by atomic mass is 32.2. The van der Waals surface area contributed by atoms with Crippen molar-refractivity contribution < 1.29 is 13.2 Å². The summed E-state index contributed by atoms with van der Waals surface area (Å²) >= 11 is 0. The van der Waals surface area contributed by atoms with Crippen LogP contribution in [-0.2, 0) is 23.0 Å². The van der Waals surface area contributed by atoms with Crippen LogP contribution >= 0.6 is 0 Å². The van der Waals surface area contributed by atoms with Crippen molar-refractivity contribution in [1.82, 2.24) is 19.2 Å². The number of methoxy groups -OCH3 is 1. The molecule has 0 bridgehead atoms. The van der Waals surface area contributed by atoms with Gasteiger partial charge in [0.25, 0.3) is 5.56 Å². The molecular weight excluding hydrogens is 416 g/mol. The van der Waals surface area contributed by atoms with Crippen molar-refractivity contribution in [1.29, 1.82) is 0 Å². The minimum atomic E-state index is -3.73. The molecule has 8 nitrogen and oxygen atoms in total. The van der Waals surface area contributed by atoms with Crippen LogP contribution in [0.25, 0.3) is 0 Å². The Morgan fingerprint density at radius 1 is 1.16 bits per heavy atom. The van der Waals surface area contributed by atoms with Crippen molar-refractivity contribution in [3.8, 4) is 5.75 Å². The summed E-state index contributed by atoms with van der Waals surface area (Å²) in [5.41, 5.74) is 1.34. The van der Waals surface area contributed by atoms with Crippen LogP contribution in [0, 0.1) is 0 Å². The van der Waals surface area contributed by atoms with E-state index in [1.54, 1.807) is 31.4 Å². The van der Waals surface area contributed by atoms with Crippen LogP contribution in [0.3, 0.4) is 0 Å². The summed E-state index contributed by atoms with van der Waals surface area (Å²) in [4.78, 5) is 23.0. The summed E-state index contributed by atoms with van der Waals surface area (Å²) in [5, 5.41) is 0. The molecule has 2 aromatic rings. The average Bonchev–Trinajstić information content (AvgIpc) is 2.78. The molecule has 0 aliphatic carbocycles. The lowest BCUT2D eigenvalue weighted by Crippen LogP contribution is -2.42. The number of sulfonamides is 1. The van der Waals surface area contributed by atoms with Crippen LogP contribution in [0.15, 0.2) is 34.0 Å². The summed E-state index contributed by atoms with van der Waals surface area (Å²) in [6, 6.07) is 6.29. The maximum absolute atomic E-state index is 13.4. The molecule has 2 aliphatic rings. The van der Waals surface area contributed by atoms with Gasteiger partial charge in [0, 0.05) is 32.1 Å². The minimum absolute atomic E-state index is 0.155. The molecular formula is C22H30N4O4S. The molecule has 0 unspecified atom stereocenters. The lowest BCUT2D eigenvalue weighted by molar-refractivity contribution is 0.198. The second kappa shape index (κ2) is 8.72. The standard InChI is InChI=1S/C22H30N4O4S/c1-15(2)25-13-11-19-18(14-25)22(27)24-21(23-19)20-6-4-5-12-26(20)31(28,29)17-9-7-16(30-3)8-10-17/h7-10,15,20H,4-6,11-14H2,1-3H3,(H,23,24,27)/t20-/m0/s1. The van der Waals surface area contributed by atoms with Crippen molar-refractivity contribution in [2.45, 2.75) is 63.1 Å². The lowest BCUT2D eigenvalue weighted by Gasteiger charge is -2.35. The number of aromatic nitrogens is 2. The molecule has 168 valence electrons. The normalized spacial score (nSPS) is 20.6. The van der Waals surface area contributed by atoms with Gasteiger partial charge in [0.05, 0.1) is 29.3 Å². The van der Waals surface area contributed by atoms with E-state index < -0.39 is 16.1 Å². The number of nitrogens with one attached hydrogen (secondary N) is 1. The zero-order valence-electron chi connectivity index (χ0n) is 18.3. The molecule has 0 saturated carbocycles. The minimum Gasteiger partial charge on any atom is -0.497 e. The smallest absolute Gasteiger partial charge is 0.255 e. The lowest BCUT2D eigenvalue weighted by atomic mass is 10.0. The first kappa shape index (κ1) is 22.0. The van der Waals surface area contributed by atoms with Gasteiger partial charge in [-0.3, -0.25) is 9.69 Å². The van der Waals surface area contributed by atoms with Crippen LogP contribution in [-0.4, -0.2) is 53.8 Å². The van der Waals surface area contributed by atoms with Crippen molar-refractivity contribution in [3.05, 3.63) is 51.7 Å². The van der Waals surface area contributed by atoms with Crippen LogP contribution in [0.1, 0.15) is 56.2 Å². The third-order valence-electron chi connectivity index (χ3n) is 6.28. The van der Waals surface area contributed by atoms with Gasteiger partial charge in [0.1, 0.15) is 11.6 Å². The summed E-state index contributed by atoms with van der Waals surface area (Å²) in [7, 11) is -2.19. The average molecular weight is 447 g/mol. The molecule has 1 fully saturated rings. The third-order valence-corrected chi connectivity index (χ3v) is 8.20. The molecule has 31 heavy (non-hydrogen) atoms. The molecule has 3 heterocycles. The van der Waals surface area contributed by atoms with E-state index in [0.717, 1.165) is 25.1 Å². The van der Waals surface area contributed by atoms with Gasteiger partial charge in [0.2, 0.25) is 10.0 Å². The van der Waals surface area contributed by atoms with Gasteiger partial charge in [-0.25, -0.2) is 13.4 Å². The topological polar surface area (TPSA) is 95.6 Å². The number of ether oxygens (including phenoxy) is 1. The van der Waals surface area contributed by atoms with Gasteiger partial charge < -0.3 is 9.72 Å². The first-order valence-corrected chi connectivity index (χ1v) is 12.3. The van der Waals surface area contributed by atoms with E-state index in [0.29, 0.717) is 49.1 Å². The summed E-state index contributed by atoms with van der Waals surface area (Å²) in [6.07, 6.45) is 3.00. The molecule has 1 N–H and O–H groups in total. The predicted octanol–water partition coefficient (Wildman–Crippen LogP) is 2.46. The van der Waals surface area contributed by atoms with Gasteiger partial charge >= 0.3 is 0 Å².